The Morgan fingerprint density at radius 2 is 1.60 bits per heavy atom. The van der Waals surface area contributed by atoms with E-state index in [1.165, 1.54) is 11.8 Å². The molecule has 7 atom stereocenters. The van der Waals surface area contributed by atoms with Crippen molar-refractivity contribution in [2.45, 2.75) is 78.9 Å². The molecule has 9 heteroatoms. The quantitative estimate of drug-likeness (QED) is 0.322. The van der Waals surface area contributed by atoms with Crippen LogP contribution in [0, 0.1) is 0 Å². The van der Waals surface area contributed by atoms with Crippen LogP contribution in [0.5, 0.6) is 17.2 Å². The van der Waals surface area contributed by atoms with Crippen LogP contribution >= 0.6 is 11.8 Å². The molecular weight excluding hydrogens is 556 g/mol. The summed E-state index contributed by atoms with van der Waals surface area (Å²) in [5.74, 6) is 1.53. The molecule has 0 radical (unpaired) electrons. The van der Waals surface area contributed by atoms with Crippen molar-refractivity contribution in [2.24, 2.45) is 0 Å². The molecule has 3 aromatic rings. The number of para-hydroxylation sites is 1. The summed E-state index contributed by atoms with van der Waals surface area (Å²) in [6.45, 7) is 0.768. The smallest absolute Gasteiger partial charge is 0.169 e. The van der Waals surface area contributed by atoms with E-state index in [4.69, 9.17) is 33.2 Å². The van der Waals surface area contributed by atoms with E-state index in [1.54, 1.807) is 14.2 Å². The van der Waals surface area contributed by atoms with Gasteiger partial charge in [-0.3, -0.25) is 0 Å². The Bertz CT molecular complexity index is 1290. The number of methoxy groups -OCH3 is 2. The molecule has 3 heterocycles. The van der Waals surface area contributed by atoms with Crippen LogP contribution in [-0.2, 0) is 25.6 Å². The van der Waals surface area contributed by atoms with Crippen LogP contribution in [0.4, 0.5) is 0 Å². The summed E-state index contributed by atoms with van der Waals surface area (Å²) in [5, 5.41) is 11.8. The third kappa shape index (κ3) is 6.56. The third-order valence-corrected chi connectivity index (χ3v) is 9.30. The molecule has 3 fully saturated rings. The SMILES string of the molecule is COc1ccc(OC[C@H]2CC[C@@]3(CC[C@H]4O[C@H](Sc5ccccc5OC)[C@@H](OCc5ccccc5)[C@@H](O)[C@@H]4O3)O2)cc1. The lowest BCUT2D eigenvalue weighted by Crippen LogP contribution is -2.63. The first kappa shape index (κ1) is 29.3. The second kappa shape index (κ2) is 13.2. The van der Waals surface area contributed by atoms with Crippen molar-refractivity contribution in [1.29, 1.82) is 0 Å². The minimum Gasteiger partial charge on any atom is -0.497 e. The average Bonchev–Trinajstić information content (AvgIpc) is 3.43. The van der Waals surface area contributed by atoms with Gasteiger partial charge in [-0.25, -0.2) is 0 Å². The summed E-state index contributed by atoms with van der Waals surface area (Å²) >= 11 is 1.51. The standard InChI is InChI=1S/C33H38O8S/c1-35-23-12-14-24(15-13-23)37-21-25-16-18-33(40-25)19-17-27-30(41-33)29(34)31(38-20-22-8-4-3-5-9-22)32(39-27)42-28-11-7-6-10-26(28)36-2/h3-15,25,27,29-32,34H,16-21H2,1-2H3/t25-,27-,29+,30-,31+,32-,33-/m1/s1. The van der Waals surface area contributed by atoms with E-state index >= 15 is 0 Å². The van der Waals surface area contributed by atoms with Gasteiger partial charge in [-0.1, -0.05) is 54.2 Å². The molecule has 42 heavy (non-hydrogen) atoms. The molecule has 3 aromatic carbocycles. The molecule has 0 bridgehead atoms. The van der Waals surface area contributed by atoms with Gasteiger partial charge in [0.15, 0.2) is 5.79 Å². The number of aliphatic hydroxyl groups is 1. The highest BCUT2D eigenvalue weighted by Gasteiger charge is 2.55. The molecule has 1 N–H and O–H groups in total. The first-order valence-corrected chi connectivity index (χ1v) is 15.3. The Kier molecular flexibility index (Phi) is 9.23. The summed E-state index contributed by atoms with van der Waals surface area (Å²) in [6.07, 6.45) is 0.428. The molecule has 6 rings (SSSR count). The molecule has 3 aliphatic heterocycles. The van der Waals surface area contributed by atoms with E-state index in [-0.39, 0.29) is 12.2 Å². The van der Waals surface area contributed by atoms with Crippen LogP contribution in [0.15, 0.2) is 83.8 Å². The van der Waals surface area contributed by atoms with Gasteiger partial charge in [0.1, 0.15) is 47.6 Å². The van der Waals surface area contributed by atoms with Gasteiger partial charge < -0.3 is 38.3 Å². The van der Waals surface area contributed by atoms with E-state index in [9.17, 15) is 5.11 Å². The van der Waals surface area contributed by atoms with Gasteiger partial charge in [0.05, 0.1) is 37.9 Å². The highest BCUT2D eigenvalue weighted by atomic mass is 32.2. The predicted molar refractivity (Wildman–Crippen MR) is 158 cm³/mol. The number of ether oxygens (including phenoxy) is 7. The molecule has 0 amide bonds. The summed E-state index contributed by atoms with van der Waals surface area (Å²) < 4.78 is 42.9. The Hall–Kier alpha value is -2.79. The fourth-order valence-electron chi connectivity index (χ4n) is 5.87. The molecule has 1 spiro atoms. The lowest BCUT2D eigenvalue weighted by atomic mass is 9.90. The van der Waals surface area contributed by atoms with Gasteiger partial charge >= 0.3 is 0 Å². The monoisotopic (exact) mass is 594 g/mol. The largest absolute Gasteiger partial charge is 0.497 e. The van der Waals surface area contributed by atoms with Crippen LogP contribution in [0.3, 0.4) is 0 Å². The minimum absolute atomic E-state index is 0.107. The van der Waals surface area contributed by atoms with Crippen molar-refractivity contribution in [3.8, 4) is 17.2 Å². The summed E-state index contributed by atoms with van der Waals surface area (Å²) in [6, 6.07) is 25.3. The van der Waals surface area contributed by atoms with Crippen molar-refractivity contribution < 1.29 is 38.3 Å². The zero-order valence-electron chi connectivity index (χ0n) is 23.9. The third-order valence-electron chi connectivity index (χ3n) is 8.10. The van der Waals surface area contributed by atoms with Crippen LogP contribution in [0.2, 0.25) is 0 Å². The number of fused-ring (bicyclic) bond motifs is 1. The molecule has 0 aliphatic carbocycles. The lowest BCUT2D eigenvalue weighted by Gasteiger charge is -2.50. The maximum absolute atomic E-state index is 11.8. The number of thioether (sulfide) groups is 1. The number of hydrogen-bond donors (Lipinski definition) is 1. The fourth-order valence-corrected chi connectivity index (χ4v) is 7.12. The van der Waals surface area contributed by atoms with E-state index in [2.05, 4.69) is 0 Å². The Morgan fingerprint density at radius 3 is 2.38 bits per heavy atom. The number of rotatable bonds is 10. The number of aliphatic hydroxyl groups excluding tert-OH is 1. The molecule has 224 valence electrons. The second-order valence-electron chi connectivity index (χ2n) is 10.9. The molecule has 8 nitrogen and oxygen atoms in total. The zero-order chi connectivity index (χ0) is 28.9. The summed E-state index contributed by atoms with van der Waals surface area (Å²) in [4.78, 5) is 0.927. The Balaban J connectivity index is 1.13. The van der Waals surface area contributed by atoms with Gasteiger partial charge in [-0.05, 0) is 54.8 Å². The molecule has 0 saturated carbocycles. The maximum Gasteiger partial charge on any atom is 0.169 e. The summed E-state index contributed by atoms with van der Waals surface area (Å²) in [7, 11) is 3.29. The second-order valence-corrected chi connectivity index (χ2v) is 12.0. The van der Waals surface area contributed by atoms with Crippen LogP contribution in [0.1, 0.15) is 31.2 Å². The summed E-state index contributed by atoms with van der Waals surface area (Å²) in [5.41, 5.74) is 0.571. The minimum atomic E-state index is -0.907. The van der Waals surface area contributed by atoms with E-state index in [0.717, 1.165) is 40.5 Å². The Morgan fingerprint density at radius 1 is 0.857 bits per heavy atom. The van der Waals surface area contributed by atoms with Gasteiger partial charge in [0, 0.05) is 12.8 Å². The van der Waals surface area contributed by atoms with Gasteiger partial charge in [0.2, 0.25) is 0 Å². The van der Waals surface area contributed by atoms with Gasteiger partial charge in [0.25, 0.3) is 0 Å². The predicted octanol–water partition coefficient (Wildman–Crippen LogP) is 5.60. The first-order chi connectivity index (χ1) is 20.6. The van der Waals surface area contributed by atoms with Crippen molar-refractivity contribution in [1.82, 2.24) is 0 Å². The fraction of sp³-hybridized carbons (Fsp3) is 0.455. The molecule has 0 unspecified atom stereocenters. The van der Waals surface area contributed by atoms with E-state index in [1.807, 2.05) is 78.9 Å². The Labute approximate surface area is 251 Å². The van der Waals surface area contributed by atoms with Gasteiger partial charge in [-0.15, -0.1) is 0 Å². The average molecular weight is 595 g/mol. The first-order valence-electron chi connectivity index (χ1n) is 14.5. The molecule has 0 aromatic heterocycles. The normalized spacial score (nSPS) is 30.5. The zero-order valence-corrected chi connectivity index (χ0v) is 24.7. The topological polar surface area (TPSA) is 84.8 Å². The highest BCUT2D eigenvalue weighted by molar-refractivity contribution is 8.00. The molecular formula is C33H38O8S. The van der Waals surface area contributed by atoms with Crippen LogP contribution in [-0.4, -0.2) is 67.7 Å². The van der Waals surface area contributed by atoms with Crippen molar-refractivity contribution in [3.63, 3.8) is 0 Å². The number of hydrogen-bond acceptors (Lipinski definition) is 9. The van der Waals surface area contributed by atoms with E-state index in [0.29, 0.717) is 26.1 Å². The van der Waals surface area contributed by atoms with Crippen molar-refractivity contribution >= 4 is 11.8 Å². The highest BCUT2D eigenvalue weighted by Crippen LogP contribution is 2.47. The van der Waals surface area contributed by atoms with Crippen molar-refractivity contribution in [3.05, 3.63) is 84.4 Å². The van der Waals surface area contributed by atoms with Crippen molar-refractivity contribution in [2.75, 3.05) is 20.8 Å². The molecule has 3 saturated heterocycles. The number of benzene rings is 3. The van der Waals surface area contributed by atoms with Gasteiger partial charge in [-0.2, -0.15) is 0 Å². The lowest BCUT2D eigenvalue weighted by molar-refractivity contribution is -0.337. The van der Waals surface area contributed by atoms with Crippen LogP contribution in [0.25, 0.3) is 0 Å². The van der Waals surface area contributed by atoms with Crippen LogP contribution < -0.4 is 14.2 Å². The van der Waals surface area contributed by atoms with E-state index < -0.39 is 29.5 Å². The molecule has 3 aliphatic rings. The maximum atomic E-state index is 11.8.